The lowest BCUT2D eigenvalue weighted by atomic mass is 9.85. The number of carbonyl (C=O) groups is 2. The Labute approximate surface area is 250 Å². The zero-order valence-corrected chi connectivity index (χ0v) is 25.4. The highest BCUT2D eigenvalue weighted by Gasteiger charge is 2.51. The van der Waals surface area contributed by atoms with E-state index in [4.69, 9.17) is 9.47 Å². The van der Waals surface area contributed by atoms with Gasteiger partial charge in [0.05, 0.1) is 18.6 Å². The number of nitrogens with zero attached hydrogens (tertiary/aromatic N) is 3. The van der Waals surface area contributed by atoms with Gasteiger partial charge in [0.1, 0.15) is 18.5 Å². The van der Waals surface area contributed by atoms with Crippen molar-refractivity contribution in [3.8, 4) is 5.75 Å². The molecule has 1 fully saturated rings. The first kappa shape index (κ1) is 32.9. The molecular weight excluding hydrogens is 530 g/mol. The molecule has 1 aromatic heterocycles. The molecule has 226 valence electrons. The summed E-state index contributed by atoms with van der Waals surface area (Å²) in [5, 5.41) is 11.2. The molecule has 42 heavy (non-hydrogen) atoms. The van der Waals surface area contributed by atoms with Gasteiger partial charge in [-0.15, -0.1) is 0 Å². The van der Waals surface area contributed by atoms with E-state index >= 15 is 0 Å². The maximum atomic E-state index is 14.0. The van der Waals surface area contributed by atoms with Crippen LogP contribution >= 0.6 is 0 Å². The van der Waals surface area contributed by atoms with E-state index in [2.05, 4.69) is 23.4 Å². The highest BCUT2D eigenvalue weighted by Crippen LogP contribution is 2.40. The van der Waals surface area contributed by atoms with Crippen molar-refractivity contribution in [2.24, 2.45) is 5.92 Å². The topological polar surface area (TPSA) is 92.2 Å². The third kappa shape index (κ3) is 8.47. The molecule has 2 heterocycles. The van der Waals surface area contributed by atoms with Crippen LogP contribution < -0.4 is 4.74 Å². The van der Waals surface area contributed by atoms with Crippen LogP contribution in [0.15, 0.2) is 79.2 Å². The van der Waals surface area contributed by atoms with E-state index in [0.717, 1.165) is 36.3 Å². The first-order chi connectivity index (χ1) is 20.4. The van der Waals surface area contributed by atoms with Gasteiger partial charge in [0, 0.05) is 37.7 Å². The van der Waals surface area contributed by atoms with Gasteiger partial charge in [0.25, 0.3) is 5.91 Å². The van der Waals surface area contributed by atoms with E-state index < -0.39 is 24.0 Å². The monoisotopic (exact) mass is 575 g/mol. The Bertz CT molecular complexity index is 1240. The van der Waals surface area contributed by atoms with Crippen LogP contribution in [-0.2, 0) is 9.53 Å². The summed E-state index contributed by atoms with van der Waals surface area (Å²) in [6.07, 6.45) is 10.1. The number of aliphatic hydroxyl groups is 1. The number of hydrogen-bond donors (Lipinski definition) is 1. The van der Waals surface area contributed by atoms with E-state index in [1.165, 1.54) is 0 Å². The van der Waals surface area contributed by atoms with E-state index in [9.17, 15) is 14.7 Å². The lowest BCUT2D eigenvalue weighted by Crippen LogP contribution is -2.35. The number of aromatic nitrogens is 1. The molecule has 0 saturated carbocycles. The zero-order valence-electron chi connectivity index (χ0n) is 25.4. The molecule has 0 spiro atoms. The van der Waals surface area contributed by atoms with Crippen molar-refractivity contribution in [1.82, 2.24) is 14.8 Å². The molecule has 0 bridgehead atoms. The number of rotatable bonds is 17. The number of pyridine rings is 1. The standard InChI is InChI=1S/C34H45N3O5/c1-6-10-12-26(7-2)24-42-29-14-13-28(23-25(29)5)32(38)30-31(27-15-17-35-18-16-27)37(34(40)33(30)39)20-11-19-36(8-3)21-22-41-9-4/h6-7,10,12-18,23,30-31,33,39H,2,8-9,11,19-22,24H2,1,3-5H3/b10-6-,26-12+. The molecule has 1 aliphatic rings. The largest absolute Gasteiger partial charge is 0.489 e. The van der Waals surface area contributed by atoms with E-state index in [1.54, 1.807) is 41.6 Å². The molecule has 2 aromatic rings. The Morgan fingerprint density at radius 2 is 1.95 bits per heavy atom. The summed E-state index contributed by atoms with van der Waals surface area (Å²) in [6.45, 7) is 16.3. The van der Waals surface area contributed by atoms with E-state index in [-0.39, 0.29) is 5.78 Å². The van der Waals surface area contributed by atoms with Gasteiger partial charge in [-0.05, 0) is 87.3 Å². The molecule has 0 aliphatic carbocycles. The summed E-state index contributed by atoms with van der Waals surface area (Å²) in [4.78, 5) is 35.4. The number of aryl methyl sites for hydroxylation is 1. The molecule has 3 atom stereocenters. The fraction of sp³-hybridized carbons (Fsp3) is 0.441. The van der Waals surface area contributed by atoms with Crippen LogP contribution in [0.2, 0.25) is 0 Å². The summed E-state index contributed by atoms with van der Waals surface area (Å²) < 4.78 is 11.5. The summed E-state index contributed by atoms with van der Waals surface area (Å²) in [5.74, 6) is -0.988. The smallest absolute Gasteiger partial charge is 0.252 e. The first-order valence-electron chi connectivity index (χ1n) is 14.8. The number of amides is 1. The number of likely N-dealkylation sites (tertiary alicyclic amines) is 1. The van der Waals surface area contributed by atoms with Gasteiger partial charge in [-0.3, -0.25) is 14.6 Å². The summed E-state index contributed by atoms with van der Waals surface area (Å²) >= 11 is 0. The Hall–Kier alpha value is -3.59. The molecule has 1 N–H and O–H groups in total. The van der Waals surface area contributed by atoms with Crippen molar-refractivity contribution in [1.29, 1.82) is 0 Å². The minimum atomic E-state index is -1.43. The molecule has 8 nitrogen and oxygen atoms in total. The summed E-state index contributed by atoms with van der Waals surface area (Å²) in [7, 11) is 0. The van der Waals surface area contributed by atoms with Crippen molar-refractivity contribution >= 4 is 11.7 Å². The zero-order chi connectivity index (χ0) is 30.5. The van der Waals surface area contributed by atoms with E-state index in [1.807, 2.05) is 51.1 Å². The lowest BCUT2D eigenvalue weighted by Gasteiger charge is -2.29. The molecule has 0 radical (unpaired) electrons. The van der Waals surface area contributed by atoms with Gasteiger partial charge >= 0.3 is 0 Å². The maximum absolute atomic E-state index is 14.0. The number of ketones is 1. The van der Waals surface area contributed by atoms with Gasteiger partial charge in [-0.2, -0.15) is 0 Å². The van der Waals surface area contributed by atoms with Crippen LogP contribution in [0.1, 0.15) is 54.7 Å². The molecule has 1 aliphatic heterocycles. The fourth-order valence-corrected chi connectivity index (χ4v) is 5.25. The third-order valence-electron chi connectivity index (χ3n) is 7.60. The number of likely N-dealkylation sites (N-methyl/N-ethyl adjacent to an activating group) is 1. The number of ether oxygens (including phenoxy) is 2. The minimum Gasteiger partial charge on any atom is -0.489 e. The van der Waals surface area contributed by atoms with Gasteiger partial charge in [0.15, 0.2) is 5.78 Å². The van der Waals surface area contributed by atoms with Crippen LogP contribution in [0.4, 0.5) is 0 Å². The highest BCUT2D eigenvalue weighted by molar-refractivity contribution is 6.04. The number of benzene rings is 1. The van der Waals surface area contributed by atoms with E-state index in [0.29, 0.717) is 44.1 Å². The van der Waals surface area contributed by atoms with Gasteiger partial charge in [-0.1, -0.05) is 37.8 Å². The van der Waals surface area contributed by atoms with Crippen LogP contribution in [0.5, 0.6) is 5.75 Å². The lowest BCUT2D eigenvalue weighted by molar-refractivity contribution is -0.135. The Balaban J connectivity index is 1.80. The molecule has 1 amide bonds. The number of aliphatic hydroxyl groups excluding tert-OH is 1. The normalized spacial score (nSPS) is 19.2. The van der Waals surface area contributed by atoms with Crippen LogP contribution in [0, 0.1) is 12.8 Å². The Morgan fingerprint density at radius 1 is 1.19 bits per heavy atom. The Kier molecular flexibility index (Phi) is 13.1. The van der Waals surface area contributed by atoms with Gasteiger partial charge < -0.3 is 24.4 Å². The van der Waals surface area contributed by atoms with Crippen LogP contribution in [-0.4, -0.2) is 83.7 Å². The maximum Gasteiger partial charge on any atom is 0.252 e. The number of hydrogen-bond acceptors (Lipinski definition) is 7. The molecule has 3 unspecified atom stereocenters. The van der Waals surface area contributed by atoms with Gasteiger partial charge in [0.2, 0.25) is 0 Å². The van der Waals surface area contributed by atoms with Crippen molar-refractivity contribution in [2.45, 2.75) is 46.3 Å². The molecule has 3 rings (SSSR count). The number of carbonyl (C=O) groups excluding carboxylic acids is 2. The SMILES string of the molecule is C=C/C(=C\C=C/C)COc1ccc(C(=O)C2C(O)C(=O)N(CCCN(CC)CCOCC)C2c2ccncc2)cc1C. The first-order valence-corrected chi connectivity index (χ1v) is 14.8. The molecular formula is C34H45N3O5. The van der Waals surface area contributed by atoms with Crippen molar-refractivity contribution in [3.63, 3.8) is 0 Å². The van der Waals surface area contributed by atoms with Crippen molar-refractivity contribution < 1.29 is 24.2 Å². The quantitative estimate of drug-likeness (QED) is 0.162. The number of Topliss-reactive ketones (excluding diaryl/α,β-unsaturated/α-hetero) is 1. The molecule has 1 saturated heterocycles. The highest BCUT2D eigenvalue weighted by atomic mass is 16.5. The fourth-order valence-electron chi connectivity index (χ4n) is 5.25. The second kappa shape index (κ2) is 16.8. The number of allylic oxidation sites excluding steroid dienone is 3. The van der Waals surface area contributed by atoms with Crippen molar-refractivity contribution in [3.05, 3.63) is 95.9 Å². The predicted octanol–water partition coefficient (Wildman–Crippen LogP) is 4.95. The average molecular weight is 576 g/mol. The predicted molar refractivity (Wildman–Crippen MR) is 166 cm³/mol. The second-order valence-electron chi connectivity index (χ2n) is 10.3. The minimum absolute atomic E-state index is 0.276. The van der Waals surface area contributed by atoms with Crippen LogP contribution in [0.25, 0.3) is 0 Å². The average Bonchev–Trinajstić information content (AvgIpc) is 3.26. The van der Waals surface area contributed by atoms with Crippen molar-refractivity contribution in [2.75, 3.05) is 46.0 Å². The Morgan fingerprint density at radius 3 is 2.60 bits per heavy atom. The molecule has 1 aromatic carbocycles. The summed E-state index contributed by atoms with van der Waals surface area (Å²) in [5.41, 5.74) is 2.92. The second-order valence-corrected chi connectivity index (χ2v) is 10.3. The summed E-state index contributed by atoms with van der Waals surface area (Å²) in [6, 6.07) is 8.26. The third-order valence-corrected chi connectivity index (χ3v) is 7.60. The molecule has 8 heteroatoms. The van der Waals surface area contributed by atoms with Gasteiger partial charge in [-0.25, -0.2) is 0 Å². The van der Waals surface area contributed by atoms with Crippen LogP contribution in [0.3, 0.4) is 0 Å².